The third-order valence-corrected chi connectivity index (χ3v) is 21.0. The van der Waals surface area contributed by atoms with Crippen molar-refractivity contribution >= 4 is 39.5 Å². The van der Waals surface area contributed by atoms with E-state index in [1.54, 1.807) is 0 Å². The highest BCUT2D eigenvalue weighted by Gasteiger charge is 2.30. The molecule has 0 heterocycles. The molecule has 0 aliphatic heterocycles. The smallest absolute Gasteiger partial charge is 0.462 e. The fourth-order valence-corrected chi connectivity index (χ4v) is 14.2. The van der Waals surface area contributed by atoms with Crippen molar-refractivity contribution in [3.05, 3.63) is 0 Å². The summed E-state index contributed by atoms with van der Waals surface area (Å²) in [7, 11) is -9.92. The Morgan fingerprint density at radius 2 is 0.416 bits per heavy atom. The topological polar surface area (TPSA) is 237 Å². The zero-order valence-electron chi connectivity index (χ0n) is 66.5. The molecule has 0 aliphatic carbocycles. The summed E-state index contributed by atoms with van der Waals surface area (Å²) in [5, 5.41) is 10.6. The van der Waals surface area contributed by atoms with E-state index in [1.165, 1.54) is 218 Å². The number of esters is 4. The highest BCUT2D eigenvalue weighted by atomic mass is 31.2. The molecule has 0 spiro atoms. The number of phosphoric acid groups is 2. The van der Waals surface area contributed by atoms with E-state index in [-0.39, 0.29) is 25.7 Å². The minimum Gasteiger partial charge on any atom is -0.462 e. The van der Waals surface area contributed by atoms with Gasteiger partial charge < -0.3 is 33.8 Å². The van der Waals surface area contributed by atoms with Gasteiger partial charge in [0.15, 0.2) is 12.2 Å². The molecule has 0 rings (SSSR count). The first-order chi connectivity index (χ1) is 48.6. The van der Waals surface area contributed by atoms with E-state index in [9.17, 15) is 43.2 Å². The summed E-state index contributed by atoms with van der Waals surface area (Å²) in [6, 6.07) is 0. The third kappa shape index (κ3) is 76.1. The molecule has 17 nitrogen and oxygen atoms in total. The van der Waals surface area contributed by atoms with Gasteiger partial charge in [-0.1, -0.05) is 370 Å². The van der Waals surface area contributed by atoms with E-state index in [0.717, 1.165) is 114 Å². The van der Waals surface area contributed by atoms with Crippen molar-refractivity contribution < 1.29 is 80.2 Å². The highest BCUT2D eigenvalue weighted by molar-refractivity contribution is 7.47. The van der Waals surface area contributed by atoms with E-state index in [2.05, 4.69) is 55.4 Å². The second-order valence-corrected chi connectivity index (χ2v) is 34.3. The van der Waals surface area contributed by atoms with Crippen molar-refractivity contribution in [1.82, 2.24) is 0 Å². The summed E-state index contributed by atoms with van der Waals surface area (Å²) in [5.74, 6) is 0.980. The standard InChI is InChI=1S/C82H160O17P2/c1-72(2)58-50-42-34-27-21-15-10-9-11-18-24-30-38-46-54-62-79(84)92-68-77(98-81(86)65-57-49-40-32-26-20-14-17-23-29-36-44-52-60-74(5)6)70-96-100(88,89)94-66-76(83)67-95-101(90,91)97-71-78(69-93-80(85)63-55-47-41-33-37-45-53-61-75(7)8)99-82(87)64-56-48-39-31-25-19-13-12-16-22-28-35-43-51-59-73(3)4/h72-78,83H,9-71H2,1-8H3,(H,88,89)(H,90,91)/t76?,77-,78-/m1/s1. The van der Waals surface area contributed by atoms with Gasteiger partial charge in [-0.15, -0.1) is 0 Å². The molecule has 0 aromatic rings. The highest BCUT2D eigenvalue weighted by Crippen LogP contribution is 2.45. The normalized spacial score (nSPS) is 14.0. The lowest BCUT2D eigenvalue weighted by molar-refractivity contribution is -0.161. The monoisotopic (exact) mass is 1480 g/mol. The fraction of sp³-hybridized carbons (Fsp3) is 0.951. The number of rotatable bonds is 79. The molecular formula is C82H160O17P2. The average Bonchev–Trinajstić information content (AvgIpc) is 0.928. The molecule has 0 radical (unpaired) electrons. The van der Waals surface area contributed by atoms with Gasteiger partial charge in [0.25, 0.3) is 0 Å². The number of phosphoric ester groups is 2. The molecule has 0 bridgehead atoms. The lowest BCUT2D eigenvalue weighted by atomic mass is 10.0. The Hall–Kier alpha value is -1.94. The van der Waals surface area contributed by atoms with Gasteiger partial charge in [0.2, 0.25) is 0 Å². The Kier molecular flexibility index (Phi) is 69.6. The summed E-state index contributed by atoms with van der Waals surface area (Å²) in [5.41, 5.74) is 0. The van der Waals surface area contributed by atoms with Crippen molar-refractivity contribution in [2.45, 2.75) is 440 Å². The quantitative estimate of drug-likeness (QED) is 0.0222. The maximum absolute atomic E-state index is 13.1. The van der Waals surface area contributed by atoms with Crippen LogP contribution in [0.25, 0.3) is 0 Å². The minimum atomic E-state index is -4.96. The fourth-order valence-electron chi connectivity index (χ4n) is 12.6. The van der Waals surface area contributed by atoms with Crippen molar-refractivity contribution in [1.29, 1.82) is 0 Å². The molecule has 600 valence electrons. The van der Waals surface area contributed by atoms with Crippen LogP contribution in [0.1, 0.15) is 421 Å². The Bertz CT molecular complexity index is 1970. The first-order valence-corrected chi connectivity index (χ1v) is 45.2. The second kappa shape index (κ2) is 71.0. The van der Waals surface area contributed by atoms with Gasteiger partial charge in [0, 0.05) is 25.7 Å². The molecule has 0 fully saturated rings. The van der Waals surface area contributed by atoms with Crippen LogP contribution in [0.15, 0.2) is 0 Å². The summed E-state index contributed by atoms with van der Waals surface area (Å²) in [6.45, 7) is 14.3. The van der Waals surface area contributed by atoms with Crippen LogP contribution >= 0.6 is 15.6 Å². The number of carbonyl (C=O) groups excluding carboxylic acids is 4. The zero-order valence-corrected chi connectivity index (χ0v) is 68.3. The first-order valence-electron chi connectivity index (χ1n) is 42.2. The molecular weight excluding hydrogens is 1320 g/mol. The molecule has 0 aliphatic rings. The van der Waals surface area contributed by atoms with Crippen LogP contribution < -0.4 is 0 Å². The van der Waals surface area contributed by atoms with Crippen molar-refractivity contribution in [2.75, 3.05) is 39.6 Å². The van der Waals surface area contributed by atoms with Crippen LogP contribution in [0.5, 0.6) is 0 Å². The van der Waals surface area contributed by atoms with Crippen LogP contribution in [0.2, 0.25) is 0 Å². The number of hydrogen-bond donors (Lipinski definition) is 3. The predicted molar refractivity (Wildman–Crippen MR) is 414 cm³/mol. The molecule has 0 aromatic heterocycles. The molecule has 3 N–H and O–H groups in total. The van der Waals surface area contributed by atoms with Crippen LogP contribution in [0.3, 0.4) is 0 Å². The number of carbonyl (C=O) groups is 4. The van der Waals surface area contributed by atoms with Gasteiger partial charge in [-0.25, -0.2) is 9.13 Å². The van der Waals surface area contributed by atoms with E-state index < -0.39 is 97.5 Å². The summed E-state index contributed by atoms with van der Waals surface area (Å²) >= 11 is 0. The SMILES string of the molecule is CC(C)CCCCCCCCCCCCCCCCCC(=O)OC[C@H](COP(=O)(O)OCC(O)COP(=O)(O)OC[C@@H](COC(=O)CCCCCCCCCC(C)C)OC(=O)CCCCCCCCCCCCCCCCC(C)C)OC(=O)CCCCCCCCCCCCCCCC(C)C. The van der Waals surface area contributed by atoms with Crippen molar-refractivity contribution in [3.63, 3.8) is 0 Å². The van der Waals surface area contributed by atoms with Crippen LogP contribution in [0.4, 0.5) is 0 Å². The molecule has 0 amide bonds. The first kappa shape index (κ1) is 99.1. The maximum atomic E-state index is 13.1. The summed E-state index contributed by atoms with van der Waals surface area (Å²) in [6.07, 6.45) is 58.3. The van der Waals surface area contributed by atoms with Gasteiger partial charge in [0.1, 0.15) is 19.3 Å². The molecule has 101 heavy (non-hydrogen) atoms. The molecule has 3 unspecified atom stereocenters. The molecule has 0 aromatic carbocycles. The number of ether oxygens (including phenoxy) is 4. The van der Waals surface area contributed by atoms with E-state index >= 15 is 0 Å². The molecule has 19 heteroatoms. The number of aliphatic hydroxyl groups is 1. The van der Waals surface area contributed by atoms with Gasteiger partial charge >= 0.3 is 39.5 Å². The second-order valence-electron chi connectivity index (χ2n) is 31.4. The van der Waals surface area contributed by atoms with Crippen LogP contribution in [-0.4, -0.2) is 96.7 Å². The van der Waals surface area contributed by atoms with E-state index in [0.29, 0.717) is 31.6 Å². The average molecular weight is 1480 g/mol. The number of aliphatic hydroxyl groups excluding tert-OH is 1. The number of hydrogen-bond acceptors (Lipinski definition) is 15. The van der Waals surface area contributed by atoms with Crippen molar-refractivity contribution in [2.24, 2.45) is 23.7 Å². The minimum absolute atomic E-state index is 0.106. The maximum Gasteiger partial charge on any atom is 0.472 e. The molecule has 0 saturated carbocycles. The lowest BCUT2D eigenvalue weighted by Crippen LogP contribution is -2.30. The Labute approximate surface area is 619 Å². The van der Waals surface area contributed by atoms with E-state index in [4.69, 9.17) is 37.0 Å². The molecule has 0 saturated heterocycles. The third-order valence-electron chi connectivity index (χ3n) is 19.1. The lowest BCUT2D eigenvalue weighted by Gasteiger charge is -2.21. The van der Waals surface area contributed by atoms with Crippen LogP contribution in [0, 0.1) is 23.7 Å². The number of unbranched alkanes of at least 4 members (excludes halogenated alkanes) is 45. The van der Waals surface area contributed by atoms with Gasteiger partial charge in [0.05, 0.1) is 26.4 Å². The zero-order chi connectivity index (χ0) is 74.6. The Morgan fingerprint density at radius 1 is 0.248 bits per heavy atom. The van der Waals surface area contributed by atoms with Gasteiger partial charge in [-0.05, 0) is 49.4 Å². The van der Waals surface area contributed by atoms with Crippen molar-refractivity contribution in [3.8, 4) is 0 Å². The summed E-state index contributed by atoms with van der Waals surface area (Å²) < 4.78 is 68.8. The predicted octanol–water partition coefficient (Wildman–Crippen LogP) is 24.4. The van der Waals surface area contributed by atoms with E-state index in [1.807, 2.05) is 0 Å². The summed E-state index contributed by atoms with van der Waals surface area (Å²) in [4.78, 5) is 73.1. The Morgan fingerprint density at radius 3 is 0.614 bits per heavy atom. The van der Waals surface area contributed by atoms with Gasteiger partial charge in [-0.2, -0.15) is 0 Å². The Balaban J connectivity index is 5.24. The van der Waals surface area contributed by atoms with Crippen LogP contribution in [-0.2, 0) is 65.4 Å². The largest absolute Gasteiger partial charge is 0.472 e. The van der Waals surface area contributed by atoms with Gasteiger partial charge in [-0.3, -0.25) is 37.3 Å². The molecule has 5 atom stereocenters.